The lowest BCUT2D eigenvalue weighted by Gasteiger charge is -2.10. The van der Waals surface area contributed by atoms with Crippen molar-refractivity contribution in [3.63, 3.8) is 0 Å². The van der Waals surface area contributed by atoms with Gasteiger partial charge >= 0.3 is 6.18 Å². The van der Waals surface area contributed by atoms with Crippen LogP contribution in [0.2, 0.25) is 0 Å². The molecule has 0 saturated heterocycles. The number of fused-ring (bicyclic) bond motifs is 1. The zero-order valence-corrected chi connectivity index (χ0v) is 15.9. The Hall–Kier alpha value is -3.55. The molecule has 0 saturated carbocycles. The second-order valence-electron chi connectivity index (χ2n) is 6.20. The van der Waals surface area contributed by atoms with E-state index in [4.69, 9.17) is 0 Å². The van der Waals surface area contributed by atoms with Gasteiger partial charge in [-0.2, -0.15) is 18.3 Å². The van der Waals surface area contributed by atoms with Crippen LogP contribution >= 0.6 is 11.3 Å². The quantitative estimate of drug-likeness (QED) is 0.243. The number of alkyl halides is 3. The molecule has 1 N–H and O–H groups in total. The zero-order valence-electron chi connectivity index (χ0n) is 15.1. The highest BCUT2D eigenvalue weighted by Gasteiger charge is 2.36. The van der Waals surface area contributed by atoms with E-state index in [0.717, 1.165) is 17.4 Å². The fraction of sp³-hybridized carbons (Fsp3) is 0.0556. The van der Waals surface area contributed by atoms with Gasteiger partial charge < -0.3 is 5.32 Å². The number of thiophene rings is 1. The molecular formula is C18H6F8N4OS. The normalized spacial score (nSPS) is 11.9. The van der Waals surface area contributed by atoms with Crippen LogP contribution in [-0.4, -0.2) is 20.5 Å². The van der Waals surface area contributed by atoms with Crippen LogP contribution in [0.25, 0.3) is 16.2 Å². The summed E-state index contributed by atoms with van der Waals surface area (Å²) in [6, 6.07) is 4.56. The van der Waals surface area contributed by atoms with Gasteiger partial charge in [0, 0.05) is 6.07 Å². The number of carbonyl (C=O) groups is 1. The van der Waals surface area contributed by atoms with Gasteiger partial charge in [-0.15, -0.1) is 11.3 Å². The van der Waals surface area contributed by atoms with Crippen molar-refractivity contribution in [2.75, 3.05) is 5.32 Å². The van der Waals surface area contributed by atoms with E-state index in [-0.39, 0.29) is 10.2 Å². The van der Waals surface area contributed by atoms with Gasteiger partial charge in [0.25, 0.3) is 5.91 Å². The van der Waals surface area contributed by atoms with Crippen LogP contribution < -0.4 is 5.32 Å². The Kier molecular flexibility index (Phi) is 5.11. The van der Waals surface area contributed by atoms with Crippen molar-refractivity contribution < 1.29 is 39.9 Å². The number of halogens is 8. The second-order valence-corrected chi connectivity index (χ2v) is 7.15. The van der Waals surface area contributed by atoms with Crippen LogP contribution in [0.4, 0.5) is 40.8 Å². The Labute approximate surface area is 175 Å². The fourth-order valence-electron chi connectivity index (χ4n) is 2.73. The number of hydrogen-bond acceptors (Lipinski definition) is 4. The van der Waals surface area contributed by atoms with E-state index in [1.54, 1.807) is 11.4 Å². The van der Waals surface area contributed by atoms with Crippen molar-refractivity contribution in [1.82, 2.24) is 14.6 Å². The highest BCUT2D eigenvalue weighted by atomic mass is 32.1. The predicted octanol–water partition coefficient (Wildman–Crippen LogP) is 5.42. The Balaban J connectivity index is 1.80. The number of benzene rings is 1. The van der Waals surface area contributed by atoms with Gasteiger partial charge in [0.15, 0.2) is 40.3 Å². The third kappa shape index (κ3) is 3.55. The molecule has 0 spiro atoms. The van der Waals surface area contributed by atoms with E-state index < -0.39 is 63.9 Å². The monoisotopic (exact) mass is 478 g/mol. The van der Waals surface area contributed by atoms with Crippen molar-refractivity contribution in [1.29, 1.82) is 0 Å². The summed E-state index contributed by atoms with van der Waals surface area (Å²) in [4.78, 5) is 16.7. The lowest BCUT2D eigenvalue weighted by molar-refractivity contribution is -0.142. The first-order chi connectivity index (χ1) is 15.0. The molecule has 0 aliphatic heterocycles. The average Bonchev–Trinajstić information content (AvgIpc) is 3.42. The van der Waals surface area contributed by atoms with Gasteiger partial charge in [0.05, 0.1) is 10.6 Å². The molecule has 0 unspecified atom stereocenters. The molecule has 166 valence electrons. The highest BCUT2D eigenvalue weighted by molar-refractivity contribution is 7.13. The number of hydrogen-bond donors (Lipinski definition) is 1. The van der Waals surface area contributed by atoms with Gasteiger partial charge in [-0.3, -0.25) is 4.79 Å². The molecule has 0 atom stereocenters. The van der Waals surface area contributed by atoms with Crippen LogP contribution in [-0.2, 0) is 6.18 Å². The molecule has 0 aliphatic rings. The topological polar surface area (TPSA) is 59.3 Å². The summed E-state index contributed by atoms with van der Waals surface area (Å²) >= 11 is 1.10. The summed E-state index contributed by atoms with van der Waals surface area (Å²) in [5.74, 6) is -13.2. The molecule has 1 aromatic carbocycles. The molecule has 3 heterocycles. The number of amides is 1. The van der Waals surface area contributed by atoms with Crippen LogP contribution in [0.3, 0.4) is 0 Å². The number of aromatic nitrogens is 3. The molecule has 5 nitrogen and oxygen atoms in total. The first-order valence-corrected chi connectivity index (χ1v) is 9.21. The molecular weight excluding hydrogens is 472 g/mol. The summed E-state index contributed by atoms with van der Waals surface area (Å²) in [6.45, 7) is 0. The SMILES string of the molecule is O=C(Nc1c(F)c(F)c(F)c(F)c1F)c1cc2nc(-c3cccs3)cc(C(F)(F)F)n2n1. The predicted molar refractivity (Wildman–Crippen MR) is 95.5 cm³/mol. The molecule has 1 amide bonds. The minimum absolute atomic E-state index is 0.0774. The van der Waals surface area contributed by atoms with E-state index in [0.29, 0.717) is 10.9 Å². The Morgan fingerprint density at radius 1 is 0.969 bits per heavy atom. The minimum Gasteiger partial charge on any atom is -0.315 e. The second kappa shape index (κ2) is 7.55. The third-order valence-corrected chi connectivity index (χ3v) is 5.06. The standard InChI is InChI=1S/C18H6F8N4OS/c19-11-12(20)14(22)16(15(23)13(11)21)28-17(31)7-5-10-27-6(8-2-1-3-32-8)4-9(18(24,25)26)30(10)29-7/h1-5H,(H,28,31). The van der Waals surface area contributed by atoms with E-state index in [2.05, 4.69) is 10.1 Å². The van der Waals surface area contributed by atoms with Gasteiger partial charge in [0.2, 0.25) is 5.82 Å². The average molecular weight is 478 g/mol. The number of rotatable bonds is 3. The maximum atomic E-state index is 13.8. The largest absolute Gasteiger partial charge is 0.433 e. The first-order valence-electron chi connectivity index (χ1n) is 8.33. The van der Waals surface area contributed by atoms with Crippen LogP contribution in [0.15, 0.2) is 29.6 Å². The Morgan fingerprint density at radius 2 is 1.59 bits per heavy atom. The molecule has 3 aromatic heterocycles. The van der Waals surface area contributed by atoms with E-state index in [1.807, 2.05) is 0 Å². The maximum Gasteiger partial charge on any atom is 0.433 e. The number of anilines is 1. The molecule has 4 aromatic rings. The van der Waals surface area contributed by atoms with Crippen molar-refractivity contribution in [2.24, 2.45) is 0 Å². The molecule has 14 heteroatoms. The van der Waals surface area contributed by atoms with Gasteiger partial charge in [-0.05, 0) is 17.5 Å². The summed E-state index contributed by atoms with van der Waals surface area (Å²) < 4.78 is 108. The van der Waals surface area contributed by atoms with Crippen molar-refractivity contribution >= 4 is 28.6 Å². The van der Waals surface area contributed by atoms with Gasteiger partial charge in [-0.25, -0.2) is 31.5 Å². The van der Waals surface area contributed by atoms with Crippen molar-refractivity contribution in [2.45, 2.75) is 6.18 Å². The lowest BCUT2D eigenvalue weighted by Crippen LogP contribution is -2.18. The molecule has 0 fully saturated rings. The molecule has 0 bridgehead atoms. The zero-order chi connectivity index (χ0) is 23.4. The Bertz CT molecular complexity index is 1340. The maximum absolute atomic E-state index is 13.8. The molecule has 4 rings (SSSR count). The summed E-state index contributed by atoms with van der Waals surface area (Å²) in [5, 5.41) is 6.49. The first kappa shape index (κ1) is 21.7. The summed E-state index contributed by atoms with van der Waals surface area (Å²) in [6.07, 6.45) is -4.92. The minimum atomic E-state index is -4.92. The molecule has 0 radical (unpaired) electrons. The summed E-state index contributed by atoms with van der Waals surface area (Å²) in [5.41, 5.74) is -4.31. The van der Waals surface area contributed by atoms with Crippen molar-refractivity contribution in [3.8, 4) is 10.6 Å². The van der Waals surface area contributed by atoms with E-state index in [9.17, 15) is 39.9 Å². The smallest absolute Gasteiger partial charge is 0.315 e. The van der Waals surface area contributed by atoms with E-state index in [1.165, 1.54) is 11.4 Å². The van der Waals surface area contributed by atoms with Crippen LogP contribution in [0, 0.1) is 29.1 Å². The number of carbonyl (C=O) groups excluding carboxylic acids is 1. The van der Waals surface area contributed by atoms with Crippen LogP contribution in [0.1, 0.15) is 16.2 Å². The van der Waals surface area contributed by atoms with Gasteiger partial charge in [0.1, 0.15) is 5.69 Å². The molecule has 0 aliphatic carbocycles. The van der Waals surface area contributed by atoms with Crippen LogP contribution in [0.5, 0.6) is 0 Å². The Morgan fingerprint density at radius 3 is 2.16 bits per heavy atom. The summed E-state index contributed by atoms with van der Waals surface area (Å²) in [7, 11) is 0. The highest BCUT2D eigenvalue weighted by Crippen LogP contribution is 2.34. The fourth-order valence-corrected chi connectivity index (χ4v) is 3.42. The number of nitrogens with zero attached hydrogens (tertiary/aromatic N) is 3. The van der Waals surface area contributed by atoms with Gasteiger partial charge in [-0.1, -0.05) is 6.07 Å². The third-order valence-electron chi connectivity index (χ3n) is 4.17. The van der Waals surface area contributed by atoms with Crippen molar-refractivity contribution in [3.05, 3.63) is 70.1 Å². The lowest BCUT2D eigenvalue weighted by atomic mass is 10.2. The number of nitrogens with one attached hydrogen (secondary N) is 1. The molecule has 32 heavy (non-hydrogen) atoms. The van der Waals surface area contributed by atoms with E-state index >= 15 is 0 Å².